The smallest absolute Gasteiger partial charge is 0.231 e. The van der Waals surface area contributed by atoms with E-state index in [1.165, 1.54) is 0 Å². The molecule has 0 aliphatic carbocycles. The van der Waals surface area contributed by atoms with Crippen molar-refractivity contribution in [3.63, 3.8) is 0 Å². The number of hydrogen-bond donors (Lipinski definition) is 0. The fraction of sp³-hybridized carbons (Fsp3) is 0.0476. The minimum Gasteiger partial charge on any atom is -0.454 e. The first-order valence-corrected chi connectivity index (χ1v) is 8.61. The summed E-state index contributed by atoms with van der Waals surface area (Å²) in [5.41, 5.74) is 2.89. The van der Waals surface area contributed by atoms with Gasteiger partial charge in [0, 0.05) is 17.8 Å². The molecule has 0 unspecified atom stereocenters. The summed E-state index contributed by atoms with van der Waals surface area (Å²) in [5, 5.41) is 13.7. The molecule has 0 atom stereocenters. The van der Waals surface area contributed by atoms with Gasteiger partial charge in [0.2, 0.25) is 6.79 Å². The summed E-state index contributed by atoms with van der Waals surface area (Å²) in [6.07, 6.45) is 1.72. The summed E-state index contributed by atoms with van der Waals surface area (Å²) in [5.74, 6) is 2.53. The van der Waals surface area contributed by atoms with Gasteiger partial charge in [-0.2, -0.15) is 5.26 Å². The number of benzene rings is 2. The number of hydrogen-bond acceptors (Lipinski definition) is 6. The van der Waals surface area contributed by atoms with E-state index in [-0.39, 0.29) is 6.79 Å². The second-order valence-electron chi connectivity index (χ2n) is 6.11. The molecule has 3 heterocycles. The maximum absolute atomic E-state index is 9.01. The lowest BCUT2D eigenvalue weighted by molar-refractivity contribution is 0.174. The Labute approximate surface area is 160 Å². The molecule has 7 nitrogen and oxygen atoms in total. The average Bonchev–Trinajstić information content (AvgIpc) is 3.41. The molecule has 0 bridgehead atoms. The monoisotopic (exact) mass is 367 g/mol. The van der Waals surface area contributed by atoms with E-state index >= 15 is 0 Å². The highest BCUT2D eigenvalue weighted by Crippen LogP contribution is 2.34. The van der Waals surface area contributed by atoms with Gasteiger partial charge in [0.05, 0.1) is 17.3 Å². The van der Waals surface area contributed by atoms with E-state index in [4.69, 9.17) is 24.8 Å². The highest BCUT2D eigenvalue weighted by Gasteiger charge is 2.19. The van der Waals surface area contributed by atoms with E-state index in [9.17, 15) is 0 Å². The summed E-state index contributed by atoms with van der Waals surface area (Å²) < 4.78 is 12.6. The van der Waals surface area contributed by atoms with Crippen molar-refractivity contribution in [2.75, 3.05) is 6.79 Å². The van der Waals surface area contributed by atoms with Gasteiger partial charge < -0.3 is 9.47 Å². The minimum atomic E-state index is 0.208. The first-order chi connectivity index (χ1) is 13.8. The van der Waals surface area contributed by atoms with Crippen molar-refractivity contribution in [2.24, 2.45) is 0 Å². The average molecular weight is 367 g/mol. The number of pyridine rings is 1. The summed E-state index contributed by atoms with van der Waals surface area (Å²) in [7, 11) is 0. The standard InChI is InChI=1S/C21H13N5O2/c22-12-14-4-6-15(7-5-14)20-24-21(17-3-1-2-10-23-17)26(25-20)16-8-9-18-19(11-16)28-13-27-18/h1-11H,13H2. The molecule has 0 amide bonds. The van der Waals surface area contributed by atoms with Crippen molar-refractivity contribution >= 4 is 0 Å². The van der Waals surface area contributed by atoms with E-state index in [0.717, 1.165) is 11.3 Å². The predicted octanol–water partition coefficient (Wildman–Crippen LogP) is 3.60. The lowest BCUT2D eigenvalue weighted by Crippen LogP contribution is -2.00. The third kappa shape index (κ3) is 2.73. The molecule has 7 heteroatoms. The van der Waals surface area contributed by atoms with Crippen LogP contribution in [-0.2, 0) is 0 Å². The maximum Gasteiger partial charge on any atom is 0.231 e. The molecule has 0 fully saturated rings. The Balaban J connectivity index is 1.66. The summed E-state index contributed by atoms with van der Waals surface area (Å²) >= 11 is 0. The van der Waals surface area contributed by atoms with Crippen molar-refractivity contribution < 1.29 is 9.47 Å². The van der Waals surface area contributed by atoms with Crippen LogP contribution < -0.4 is 9.47 Å². The van der Waals surface area contributed by atoms with Gasteiger partial charge in [-0.1, -0.05) is 6.07 Å². The molecule has 0 saturated carbocycles. The van der Waals surface area contributed by atoms with Crippen LogP contribution in [0.5, 0.6) is 11.5 Å². The Morgan fingerprint density at radius 3 is 2.61 bits per heavy atom. The molecule has 1 aliphatic heterocycles. The molecule has 0 radical (unpaired) electrons. The molecular weight excluding hydrogens is 354 g/mol. The third-order valence-electron chi connectivity index (χ3n) is 4.37. The zero-order valence-electron chi connectivity index (χ0n) is 14.6. The molecule has 28 heavy (non-hydrogen) atoms. The molecule has 0 saturated heterocycles. The molecule has 1 aliphatic rings. The Morgan fingerprint density at radius 2 is 1.82 bits per heavy atom. The quantitative estimate of drug-likeness (QED) is 0.550. The highest BCUT2D eigenvalue weighted by atomic mass is 16.7. The van der Waals surface area contributed by atoms with Crippen molar-refractivity contribution in [3.05, 3.63) is 72.4 Å². The minimum absolute atomic E-state index is 0.208. The highest BCUT2D eigenvalue weighted by molar-refractivity contribution is 5.63. The van der Waals surface area contributed by atoms with Gasteiger partial charge in [-0.05, 0) is 48.5 Å². The van der Waals surface area contributed by atoms with Crippen molar-refractivity contribution in [1.29, 1.82) is 5.26 Å². The second kappa shape index (κ2) is 6.52. The van der Waals surface area contributed by atoms with Crippen LogP contribution in [0.1, 0.15) is 5.56 Å². The Hall–Kier alpha value is -4.18. The van der Waals surface area contributed by atoms with Gasteiger partial charge in [0.15, 0.2) is 23.1 Å². The van der Waals surface area contributed by atoms with Gasteiger partial charge in [0.1, 0.15) is 5.69 Å². The van der Waals surface area contributed by atoms with Crippen LogP contribution in [0.25, 0.3) is 28.6 Å². The maximum atomic E-state index is 9.01. The predicted molar refractivity (Wildman–Crippen MR) is 101 cm³/mol. The summed E-state index contributed by atoms with van der Waals surface area (Å²) in [4.78, 5) is 9.13. The van der Waals surface area contributed by atoms with Crippen LogP contribution in [0, 0.1) is 11.3 Å². The van der Waals surface area contributed by atoms with Gasteiger partial charge in [0.25, 0.3) is 0 Å². The van der Waals surface area contributed by atoms with Gasteiger partial charge in [-0.3, -0.25) is 4.98 Å². The molecule has 0 N–H and O–H groups in total. The van der Waals surface area contributed by atoms with E-state index in [0.29, 0.717) is 34.4 Å². The third-order valence-corrected chi connectivity index (χ3v) is 4.37. The van der Waals surface area contributed by atoms with Gasteiger partial charge >= 0.3 is 0 Å². The zero-order valence-corrected chi connectivity index (χ0v) is 14.6. The number of fused-ring (bicyclic) bond motifs is 1. The zero-order chi connectivity index (χ0) is 18.9. The van der Waals surface area contributed by atoms with Crippen LogP contribution in [0.4, 0.5) is 0 Å². The number of aromatic nitrogens is 4. The fourth-order valence-electron chi connectivity index (χ4n) is 2.99. The largest absolute Gasteiger partial charge is 0.454 e. The van der Waals surface area contributed by atoms with E-state index in [1.807, 2.05) is 48.5 Å². The molecule has 4 aromatic rings. The van der Waals surface area contributed by atoms with Crippen LogP contribution in [-0.4, -0.2) is 26.5 Å². The van der Waals surface area contributed by atoms with Gasteiger partial charge in [-0.25, -0.2) is 9.67 Å². The molecule has 134 valence electrons. The SMILES string of the molecule is N#Cc1ccc(-c2nc(-c3ccccn3)n(-c3ccc4c(c3)OCO4)n2)cc1. The topological polar surface area (TPSA) is 85.9 Å². The number of nitrogens with zero attached hydrogens (tertiary/aromatic N) is 5. The van der Waals surface area contributed by atoms with Crippen molar-refractivity contribution in [2.45, 2.75) is 0 Å². The van der Waals surface area contributed by atoms with Crippen molar-refractivity contribution in [3.8, 4) is 46.2 Å². The first kappa shape index (κ1) is 16.0. The van der Waals surface area contributed by atoms with E-state index in [2.05, 4.69) is 11.1 Å². The Bertz CT molecular complexity index is 1190. The van der Waals surface area contributed by atoms with Gasteiger partial charge in [-0.15, -0.1) is 5.10 Å². The molecule has 2 aromatic heterocycles. The molecule has 0 spiro atoms. The summed E-state index contributed by atoms with van der Waals surface area (Å²) in [6.45, 7) is 0.208. The Morgan fingerprint density at radius 1 is 0.964 bits per heavy atom. The number of nitriles is 1. The number of rotatable bonds is 3. The van der Waals surface area contributed by atoms with Crippen LogP contribution in [0.15, 0.2) is 66.9 Å². The van der Waals surface area contributed by atoms with E-state index in [1.54, 1.807) is 23.0 Å². The van der Waals surface area contributed by atoms with Crippen molar-refractivity contribution in [1.82, 2.24) is 19.7 Å². The number of ether oxygens (including phenoxy) is 2. The first-order valence-electron chi connectivity index (χ1n) is 8.61. The summed E-state index contributed by atoms with van der Waals surface area (Å²) in [6, 6.07) is 20.5. The lowest BCUT2D eigenvalue weighted by atomic mass is 10.1. The van der Waals surface area contributed by atoms with Crippen LogP contribution in [0.2, 0.25) is 0 Å². The normalized spacial score (nSPS) is 12.0. The fourth-order valence-corrected chi connectivity index (χ4v) is 2.99. The second-order valence-corrected chi connectivity index (χ2v) is 6.11. The Kier molecular flexibility index (Phi) is 3.73. The lowest BCUT2D eigenvalue weighted by Gasteiger charge is -2.06. The van der Waals surface area contributed by atoms with E-state index < -0.39 is 0 Å². The van der Waals surface area contributed by atoms with Crippen LogP contribution in [0.3, 0.4) is 0 Å². The molecular formula is C21H13N5O2. The van der Waals surface area contributed by atoms with Crippen LogP contribution >= 0.6 is 0 Å². The molecule has 2 aromatic carbocycles. The molecule has 5 rings (SSSR count).